The molecule has 0 radical (unpaired) electrons. The Balaban J connectivity index is 2.48. The molecule has 0 aromatic heterocycles. The Morgan fingerprint density at radius 3 is 2.67 bits per heavy atom. The Morgan fingerprint density at radius 2 is 2.13 bits per heavy atom. The molecule has 1 saturated heterocycles. The monoisotopic (exact) mass is 210 g/mol. The Hall–Kier alpha value is -0.830. The molecule has 0 N–H and O–H groups in total. The molecule has 1 amide bonds. The van der Waals surface area contributed by atoms with Crippen LogP contribution in [0.2, 0.25) is 0 Å². The number of hydrogen-bond donors (Lipinski definition) is 0. The van der Waals surface area contributed by atoms with Gasteiger partial charge in [-0.25, -0.2) is 0 Å². The van der Waals surface area contributed by atoms with Gasteiger partial charge in [0.25, 0.3) is 0 Å². The fourth-order valence-corrected chi connectivity index (χ4v) is 2.23. The van der Waals surface area contributed by atoms with E-state index in [0.717, 1.165) is 32.6 Å². The molecular weight excluding hydrogens is 188 g/mol. The maximum Gasteiger partial charge on any atom is 0.246 e. The summed E-state index contributed by atoms with van der Waals surface area (Å²) in [6.07, 6.45) is 4.59. The van der Waals surface area contributed by atoms with E-state index in [0.29, 0.717) is 6.04 Å². The number of nitrogens with zero attached hydrogens (tertiary/aromatic N) is 2. The van der Waals surface area contributed by atoms with E-state index >= 15 is 0 Å². The van der Waals surface area contributed by atoms with E-state index in [2.05, 4.69) is 18.7 Å². The summed E-state index contributed by atoms with van der Waals surface area (Å²) >= 11 is 0. The third kappa shape index (κ3) is 3.06. The lowest BCUT2D eigenvalue weighted by molar-refractivity contribution is -0.125. The van der Waals surface area contributed by atoms with Crippen molar-refractivity contribution in [2.75, 3.05) is 26.2 Å². The van der Waals surface area contributed by atoms with Gasteiger partial charge in [-0.2, -0.15) is 0 Å². The van der Waals surface area contributed by atoms with Gasteiger partial charge in [-0.1, -0.05) is 19.9 Å². The van der Waals surface area contributed by atoms with Gasteiger partial charge in [0.2, 0.25) is 5.91 Å². The van der Waals surface area contributed by atoms with Crippen LogP contribution in [0.3, 0.4) is 0 Å². The van der Waals surface area contributed by atoms with Crippen molar-refractivity contribution in [2.24, 2.45) is 0 Å². The molecule has 1 aliphatic heterocycles. The van der Waals surface area contributed by atoms with Crippen LogP contribution in [-0.2, 0) is 4.79 Å². The molecule has 0 aromatic rings. The molecule has 3 nitrogen and oxygen atoms in total. The van der Waals surface area contributed by atoms with Gasteiger partial charge in [0, 0.05) is 19.1 Å². The smallest absolute Gasteiger partial charge is 0.246 e. The molecule has 0 spiro atoms. The fraction of sp³-hybridized carbons (Fsp3) is 0.750. The molecule has 1 heterocycles. The first kappa shape index (κ1) is 12.2. The van der Waals surface area contributed by atoms with Crippen LogP contribution in [0.4, 0.5) is 0 Å². The maximum atomic E-state index is 11.6. The third-order valence-corrected chi connectivity index (χ3v) is 3.11. The highest BCUT2D eigenvalue weighted by Gasteiger charge is 2.27. The molecule has 1 fully saturated rings. The first-order valence-electron chi connectivity index (χ1n) is 5.88. The minimum absolute atomic E-state index is 0.159. The van der Waals surface area contributed by atoms with Gasteiger partial charge in [0.05, 0.1) is 0 Å². The van der Waals surface area contributed by atoms with E-state index in [1.165, 1.54) is 0 Å². The van der Waals surface area contributed by atoms with Gasteiger partial charge in [0.15, 0.2) is 0 Å². The van der Waals surface area contributed by atoms with Crippen LogP contribution in [0, 0.1) is 0 Å². The number of likely N-dealkylation sites (N-methyl/N-ethyl adjacent to an activating group) is 1. The summed E-state index contributed by atoms with van der Waals surface area (Å²) in [4.78, 5) is 16.0. The van der Waals surface area contributed by atoms with Crippen molar-refractivity contribution in [3.63, 3.8) is 0 Å². The molecule has 15 heavy (non-hydrogen) atoms. The van der Waals surface area contributed by atoms with Gasteiger partial charge < -0.3 is 4.90 Å². The SMILES string of the molecule is CC=CC(=O)N1CCC(N(CC)CC)C1. The number of carbonyl (C=O) groups excluding carboxylic acids is 1. The molecule has 1 rings (SSSR count). The van der Waals surface area contributed by atoms with Crippen molar-refractivity contribution in [1.29, 1.82) is 0 Å². The van der Waals surface area contributed by atoms with E-state index in [1.54, 1.807) is 6.08 Å². The average Bonchev–Trinajstić information content (AvgIpc) is 2.69. The number of likely N-dealkylation sites (tertiary alicyclic amines) is 1. The van der Waals surface area contributed by atoms with Crippen molar-refractivity contribution in [2.45, 2.75) is 33.2 Å². The number of carbonyl (C=O) groups is 1. The number of hydrogen-bond acceptors (Lipinski definition) is 2. The second kappa shape index (κ2) is 5.91. The minimum atomic E-state index is 0.159. The first-order valence-corrected chi connectivity index (χ1v) is 5.88. The predicted octanol–water partition coefficient (Wildman–Crippen LogP) is 1.51. The highest BCUT2D eigenvalue weighted by atomic mass is 16.2. The van der Waals surface area contributed by atoms with Crippen molar-refractivity contribution < 1.29 is 4.79 Å². The van der Waals surface area contributed by atoms with Crippen molar-refractivity contribution in [3.8, 4) is 0 Å². The second-order valence-electron chi connectivity index (χ2n) is 3.95. The molecule has 86 valence electrons. The minimum Gasteiger partial charge on any atom is -0.338 e. The predicted molar refractivity (Wildman–Crippen MR) is 62.7 cm³/mol. The van der Waals surface area contributed by atoms with Gasteiger partial charge in [-0.05, 0) is 32.5 Å². The lowest BCUT2D eigenvalue weighted by atomic mass is 10.2. The van der Waals surface area contributed by atoms with Crippen LogP contribution in [0.15, 0.2) is 12.2 Å². The van der Waals surface area contributed by atoms with Crippen LogP contribution in [0.1, 0.15) is 27.2 Å². The van der Waals surface area contributed by atoms with Gasteiger partial charge in [-0.15, -0.1) is 0 Å². The third-order valence-electron chi connectivity index (χ3n) is 3.11. The van der Waals surface area contributed by atoms with Gasteiger partial charge in [0.1, 0.15) is 0 Å². The molecule has 0 bridgehead atoms. The van der Waals surface area contributed by atoms with Crippen LogP contribution in [0.25, 0.3) is 0 Å². The summed E-state index contributed by atoms with van der Waals surface area (Å²) in [6.45, 7) is 10.2. The quantitative estimate of drug-likeness (QED) is 0.657. The van der Waals surface area contributed by atoms with E-state index in [4.69, 9.17) is 0 Å². The summed E-state index contributed by atoms with van der Waals surface area (Å²) in [5.74, 6) is 0.159. The summed E-state index contributed by atoms with van der Waals surface area (Å²) in [7, 11) is 0. The zero-order valence-corrected chi connectivity index (χ0v) is 10.1. The normalized spacial score (nSPS) is 21.9. The van der Waals surface area contributed by atoms with Crippen LogP contribution >= 0.6 is 0 Å². The molecule has 0 aliphatic carbocycles. The Bertz CT molecular complexity index is 234. The van der Waals surface area contributed by atoms with E-state index in [9.17, 15) is 4.79 Å². The van der Waals surface area contributed by atoms with E-state index in [-0.39, 0.29) is 5.91 Å². The van der Waals surface area contributed by atoms with Gasteiger partial charge >= 0.3 is 0 Å². The van der Waals surface area contributed by atoms with E-state index < -0.39 is 0 Å². The number of amides is 1. The van der Waals surface area contributed by atoms with Crippen molar-refractivity contribution in [1.82, 2.24) is 9.80 Å². The fourth-order valence-electron chi connectivity index (χ4n) is 2.23. The molecule has 0 saturated carbocycles. The van der Waals surface area contributed by atoms with Crippen LogP contribution in [-0.4, -0.2) is 47.9 Å². The van der Waals surface area contributed by atoms with Crippen molar-refractivity contribution in [3.05, 3.63) is 12.2 Å². The number of rotatable bonds is 4. The molecule has 3 heteroatoms. The highest BCUT2D eigenvalue weighted by Crippen LogP contribution is 2.15. The maximum absolute atomic E-state index is 11.6. The lowest BCUT2D eigenvalue weighted by Gasteiger charge is -2.25. The summed E-state index contributed by atoms with van der Waals surface area (Å²) in [6, 6.07) is 0.564. The van der Waals surface area contributed by atoms with Crippen LogP contribution < -0.4 is 0 Å². The zero-order chi connectivity index (χ0) is 11.3. The van der Waals surface area contributed by atoms with Crippen LogP contribution in [0.5, 0.6) is 0 Å². The molecule has 1 aliphatic rings. The number of allylic oxidation sites excluding steroid dienone is 1. The lowest BCUT2D eigenvalue weighted by Crippen LogP contribution is -2.38. The highest BCUT2D eigenvalue weighted by molar-refractivity contribution is 5.87. The molecule has 1 unspecified atom stereocenters. The zero-order valence-electron chi connectivity index (χ0n) is 10.1. The summed E-state index contributed by atoms with van der Waals surface area (Å²) in [5.41, 5.74) is 0. The summed E-state index contributed by atoms with van der Waals surface area (Å²) < 4.78 is 0. The topological polar surface area (TPSA) is 23.6 Å². The molecular formula is C12H22N2O. The Morgan fingerprint density at radius 1 is 1.47 bits per heavy atom. The Labute approximate surface area is 92.7 Å². The molecule has 1 atom stereocenters. The standard InChI is InChI=1S/C12H22N2O/c1-4-7-12(15)14-9-8-11(10-14)13(5-2)6-3/h4,7,11H,5-6,8-10H2,1-3H3. The van der Waals surface area contributed by atoms with Crippen molar-refractivity contribution >= 4 is 5.91 Å². The first-order chi connectivity index (χ1) is 7.22. The second-order valence-corrected chi connectivity index (χ2v) is 3.95. The summed E-state index contributed by atoms with van der Waals surface area (Å²) in [5, 5.41) is 0. The average molecular weight is 210 g/mol. The molecule has 0 aromatic carbocycles. The largest absolute Gasteiger partial charge is 0.338 e. The van der Waals surface area contributed by atoms with Gasteiger partial charge in [-0.3, -0.25) is 9.69 Å². The Kier molecular flexibility index (Phi) is 4.82. The van der Waals surface area contributed by atoms with E-state index in [1.807, 2.05) is 17.9 Å².